The molecule has 104 valence electrons. The zero-order chi connectivity index (χ0) is 14.3. The third-order valence-corrected chi connectivity index (χ3v) is 3.65. The summed E-state index contributed by atoms with van der Waals surface area (Å²) < 4.78 is 4.32. The normalized spacial score (nSPS) is 17.4. The van der Waals surface area contributed by atoms with Crippen molar-refractivity contribution in [3.63, 3.8) is 0 Å². The minimum atomic E-state index is -0.281. The van der Waals surface area contributed by atoms with Crippen molar-refractivity contribution >= 4 is 0 Å². The Balaban J connectivity index is 2.27. The van der Waals surface area contributed by atoms with Crippen LogP contribution in [-0.4, -0.2) is 13.9 Å². The average Bonchev–Trinajstić information content (AvgIpc) is 2.72. The van der Waals surface area contributed by atoms with Gasteiger partial charge in [0, 0.05) is 0 Å². The van der Waals surface area contributed by atoms with Crippen LogP contribution in [0.15, 0.2) is 52.1 Å². The van der Waals surface area contributed by atoms with Gasteiger partial charge in [0.05, 0.1) is 18.3 Å². The molecule has 0 fully saturated rings. The minimum absolute atomic E-state index is 0.0751. The molecule has 0 bridgehead atoms. The van der Waals surface area contributed by atoms with Gasteiger partial charge in [0.15, 0.2) is 0 Å². The lowest BCUT2D eigenvalue weighted by Crippen LogP contribution is -2.34. The molecule has 5 nitrogen and oxygen atoms in total. The fourth-order valence-corrected chi connectivity index (χ4v) is 2.63. The van der Waals surface area contributed by atoms with Crippen LogP contribution in [0, 0.1) is 5.92 Å². The van der Waals surface area contributed by atoms with Crippen LogP contribution in [0.5, 0.6) is 0 Å². The molecule has 1 aromatic heterocycles. The van der Waals surface area contributed by atoms with Gasteiger partial charge in [0.1, 0.15) is 0 Å². The Kier molecular flexibility index (Phi) is 2.97. The molecule has 1 atom stereocenters. The van der Waals surface area contributed by atoms with Gasteiger partial charge in [-0.1, -0.05) is 44.2 Å². The molecule has 5 heteroatoms. The highest BCUT2D eigenvalue weighted by Gasteiger charge is 2.25. The molecule has 0 saturated carbocycles. The van der Waals surface area contributed by atoms with Crippen molar-refractivity contribution in [2.75, 3.05) is 0 Å². The van der Waals surface area contributed by atoms with Gasteiger partial charge in [-0.15, -0.1) is 0 Å². The lowest BCUT2D eigenvalue weighted by molar-refractivity contribution is 0.332. The summed E-state index contributed by atoms with van der Waals surface area (Å²) in [6.07, 6.45) is 3.95. The molecule has 0 unspecified atom stereocenters. The Morgan fingerprint density at radius 3 is 2.45 bits per heavy atom. The monoisotopic (exact) mass is 271 g/mol. The van der Waals surface area contributed by atoms with Crippen LogP contribution in [0.2, 0.25) is 0 Å². The van der Waals surface area contributed by atoms with Gasteiger partial charge in [-0.3, -0.25) is 0 Å². The van der Waals surface area contributed by atoms with Crippen molar-refractivity contribution < 1.29 is 0 Å². The van der Waals surface area contributed by atoms with E-state index in [-0.39, 0.29) is 23.3 Å². The number of aromatic nitrogens is 3. The highest BCUT2D eigenvalue weighted by molar-refractivity contribution is 5.30. The molecule has 2 heterocycles. The van der Waals surface area contributed by atoms with Crippen molar-refractivity contribution in [1.82, 2.24) is 13.9 Å². The van der Waals surface area contributed by atoms with E-state index in [9.17, 15) is 9.59 Å². The molecular weight excluding hydrogens is 254 g/mol. The second-order valence-corrected chi connectivity index (χ2v) is 5.33. The summed E-state index contributed by atoms with van der Waals surface area (Å²) in [5.41, 5.74) is 0.0554. The predicted octanol–water partition coefficient (Wildman–Crippen LogP) is 1.57. The van der Waals surface area contributed by atoms with Crippen LogP contribution in [0.1, 0.15) is 19.9 Å². The quantitative estimate of drug-likeness (QED) is 0.778. The summed E-state index contributed by atoms with van der Waals surface area (Å²) in [5.74, 6) is 0.251. The molecule has 20 heavy (non-hydrogen) atoms. The maximum atomic E-state index is 12.6. The fraction of sp³-hybridized carbons (Fsp3) is 0.333. The molecule has 0 saturated heterocycles. The lowest BCUT2D eigenvalue weighted by Gasteiger charge is -2.23. The Morgan fingerprint density at radius 2 is 1.80 bits per heavy atom. The van der Waals surface area contributed by atoms with Crippen molar-refractivity contribution in [1.29, 1.82) is 0 Å². The van der Waals surface area contributed by atoms with E-state index in [2.05, 4.69) is 0 Å². The number of allylic oxidation sites excluding steroid dienone is 2. The number of hydrogen-bond donors (Lipinski definition) is 0. The van der Waals surface area contributed by atoms with Gasteiger partial charge >= 0.3 is 11.4 Å². The summed E-state index contributed by atoms with van der Waals surface area (Å²) in [7, 11) is 0. The second-order valence-electron chi connectivity index (χ2n) is 5.33. The minimum Gasteiger partial charge on any atom is -0.245 e. The molecule has 0 amide bonds. The highest BCUT2D eigenvalue weighted by atomic mass is 16.2. The number of rotatable bonds is 2. The third kappa shape index (κ3) is 1.78. The zero-order valence-corrected chi connectivity index (χ0v) is 11.6. The standard InChI is InChI=1S/C15H17N3O2/c1-11(2)13-9-6-10-16-14(19)17(15(20)18(13)16)12-7-4-3-5-8-12/h3-9,11,13H,10H2,1-2H3/t13-/m0/s1. The van der Waals surface area contributed by atoms with Crippen molar-refractivity contribution in [2.45, 2.75) is 26.4 Å². The Bertz CT molecular complexity index is 763. The number of nitrogens with zero attached hydrogens (tertiary/aromatic N) is 3. The Hall–Kier alpha value is -2.30. The smallest absolute Gasteiger partial charge is 0.245 e. The molecule has 1 aliphatic rings. The molecule has 0 N–H and O–H groups in total. The van der Waals surface area contributed by atoms with E-state index >= 15 is 0 Å². The highest BCUT2D eigenvalue weighted by Crippen LogP contribution is 2.20. The SMILES string of the molecule is CC(C)[C@@H]1C=CCn2c(=O)n(-c3ccccc3)c(=O)n21. The first kappa shape index (κ1) is 12.7. The molecule has 0 radical (unpaired) electrons. The summed E-state index contributed by atoms with van der Waals surface area (Å²) in [5, 5.41) is 0. The number of para-hydroxylation sites is 1. The molecule has 2 aromatic rings. The van der Waals surface area contributed by atoms with E-state index in [0.717, 1.165) is 0 Å². The Morgan fingerprint density at radius 1 is 1.10 bits per heavy atom. The molecule has 1 aromatic carbocycles. The molecular formula is C15H17N3O2. The van der Waals surface area contributed by atoms with E-state index in [4.69, 9.17) is 0 Å². The van der Waals surface area contributed by atoms with Gasteiger partial charge in [-0.2, -0.15) is 0 Å². The third-order valence-electron chi connectivity index (χ3n) is 3.65. The van der Waals surface area contributed by atoms with Crippen LogP contribution < -0.4 is 11.4 Å². The first-order valence-electron chi connectivity index (χ1n) is 6.77. The van der Waals surface area contributed by atoms with Crippen LogP contribution >= 0.6 is 0 Å². The summed E-state index contributed by atoms with van der Waals surface area (Å²) in [6.45, 7) is 4.53. The second kappa shape index (κ2) is 4.67. The number of hydrogen-bond acceptors (Lipinski definition) is 2. The maximum Gasteiger partial charge on any atom is 0.352 e. The predicted molar refractivity (Wildman–Crippen MR) is 77.3 cm³/mol. The van der Waals surface area contributed by atoms with E-state index in [0.29, 0.717) is 12.2 Å². The molecule has 0 spiro atoms. The number of benzene rings is 1. The van der Waals surface area contributed by atoms with Gasteiger partial charge < -0.3 is 0 Å². The first-order valence-corrected chi connectivity index (χ1v) is 6.77. The topological polar surface area (TPSA) is 48.9 Å². The van der Waals surface area contributed by atoms with Gasteiger partial charge in [0.2, 0.25) is 0 Å². The van der Waals surface area contributed by atoms with Crippen LogP contribution in [0.4, 0.5) is 0 Å². The van der Waals surface area contributed by atoms with E-state index in [1.165, 1.54) is 9.25 Å². The maximum absolute atomic E-state index is 12.6. The number of fused-ring (bicyclic) bond motifs is 1. The van der Waals surface area contributed by atoms with Crippen LogP contribution in [0.3, 0.4) is 0 Å². The summed E-state index contributed by atoms with van der Waals surface area (Å²) >= 11 is 0. The van der Waals surface area contributed by atoms with Crippen molar-refractivity contribution in [2.24, 2.45) is 5.92 Å². The molecule has 3 rings (SSSR count). The van der Waals surface area contributed by atoms with Gasteiger partial charge in [0.25, 0.3) is 0 Å². The Labute approximate surface area is 116 Å². The lowest BCUT2D eigenvalue weighted by atomic mass is 10.0. The zero-order valence-electron chi connectivity index (χ0n) is 11.6. The van der Waals surface area contributed by atoms with Crippen LogP contribution in [0.25, 0.3) is 5.69 Å². The molecule has 1 aliphatic heterocycles. The summed E-state index contributed by atoms with van der Waals surface area (Å²) in [6, 6.07) is 8.97. The van der Waals surface area contributed by atoms with Gasteiger partial charge in [-0.25, -0.2) is 23.5 Å². The fourth-order valence-electron chi connectivity index (χ4n) is 2.63. The van der Waals surface area contributed by atoms with E-state index in [1.807, 2.05) is 44.2 Å². The first-order chi connectivity index (χ1) is 9.61. The van der Waals surface area contributed by atoms with Gasteiger partial charge in [-0.05, 0) is 18.1 Å². The van der Waals surface area contributed by atoms with Crippen LogP contribution in [-0.2, 0) is 6.54 Å². The van der Waals surface area contributed by atoms with Crippen molar-refractivity contribution in [3.8, 4) is 5.69 Å². The molecule has 0 aliphatic carbocycles. The summed E-state index contributed by atoms with van der Waals surface area (Å²) in [4.78, 5) is 25.1. The van der Waals surface area contributed by atoms with E-state index < -0.39 is 0 Å². The average molecular weight is 271 g/mol. The van der Waals surface area contributed by atoms with Crippen molar-refractivity contribution in [3.05, 3.63) is 63.5 Å². The largest absolute Gasteiger partial charge is 0.352 e. The van der Waals surface area contributed by atoms with E-state index in [1.54, 1.807) is 16.8 Å².